The number of aliphatic imine (C=N–C) groups is 2. The Morgan fingerprint density at radius 2 is 1.94 bits per heavy atom. The third kappa shape index (κ3) is 4.23. The van der Waals surface area contributed by atoms with Gasteiger partial charge < -0.3 is 9.47 Å². The lowest BCUT2D eigenvalue weighted by molar-refractivity contribution is -0.0494. The first-order valence-electron chi connectivity index (χ1n) is 10.1. The monoisotopic (exact) mass is 423 g/mol. The van der Waals surface area contributed by atoms with Crippen molar-refractivity contribution >= 4 is 29.0 Å². The summed E-state index contributed by atoms with van der Waals surface area (Å²) in [5.74, 6) is -2.31. The van der Waals surface area contributed by atoms with Crippen molar-refractivity contribution in [2.24, 2.45) is 9.98 Å². The van der Waals surface area contributed by atoms with Crippen molar-refractivity contribution in [1.29, 1.82) is 0 Å². The zero-order valence-electron chi connectivity index (χ0n) is 17.4. The van der Waals surface area contributed by atoms with Crippen LogP contribution in [0.1, 0.15) is 35.7 Å². The maximum absolute atomic E-state index is 13.4. The first-order valence-corrected chi connectivity index (χ1v) is 10.1. The smallest absolute Gasteiger partial charge is 0.255 e. The first kappa shape index (κ1) is 20.8. The Labute approximate surface area is 178 Å². The molecule has 3 aromatic rings. The van der Waals surface area contributed by atoms with Crippen LogP contribution in [0, 0.1) is 0 Å². The molecule has 3 heterocycles. The fraction of sp³-hybridized carbons (Fsp3) is 0.304. The van der Waals surface area contributed by atoms with E-state index in [-0.39, 0.29) is 31.8 Å². The fourth-order valence-electron chi connectivity index (χ4n) is 3.75. The summed E-state index contributed by atoms with van der Waals surface area (Å²) >= 11 is 0. The molecule has 8 heteroatoms. The first-order chi connectivity index (χ1) is 14.9. The van der Waals surface area contributed by atoms with Crippen LogP contribution >= 0.6 is 0 Å². The summed E-state index contributed by atoms with van der Waals surface area (Å²) in [6.45, 7) is 1.95. The Hall–Kier alpha value is -3.42. The average Bonchev–Trinajstić information content (AvgIpc) is 3.20. The zero-order chi connectivity index (χ0) is 22.0. The highest BCUT2D eigenvalue weighted by Crippen LogP contribution is 2.29. The zero-order valence-corrected chi connectivity index (χ0v) is 17.4. The Morgan fingerprint density at radius 1 is 1.16 bits per heavy atom. The number of amides is 1. The molecule has 0 aliphatic carbocycles. The van der Waals surface area contributed by atoms with Gasteiger partial charge in [0.05, 0.1) is 5.56 Å². The van der Waals surface area contributed by atoms with Crippen LogP contribution in [-0.4, -0.2) is 58.5 Å². The Kier molecular flexibility index (Phi) is 5.63. The highest BCUT2D eigenvalue weighted by molar-refractivity contribution is 6.03. The van der Waals surface area contributed by atoms with Gasteiger partial charge in [-0.05, 0) is 31.2 Å². The predicted octanol–water partition coefficient (Wildman–Crippen LogP) is 4.36. The van der Waals surface area contributed by atoms with Gasteiger partial charge >= 0.3 is 0 Å². The van der Waals surface area contributed by atoms with E-state index in [1.807, 2.05) is 48.0 Å². The van der Waals surface area contributed by atoms with Gasteiger partial charge in [0.25, 0.3) is 11.8 Å². The number of halogens is 2. The minimum absolute atomic E-state index is 0.0548. The number of aromatic nitrogens is 2. The number of hydrogen-bond acceptors (Lipinski definition) is 3. The Bertz CT molecular complexity index is 1170. The van der Waals surface area contributed by atoms with Gasteiger partial charge in [-0.15, -0.1) is 0 Å². The number of benzene rings is 1. The predicted molar refractivity (Wildman–Crippen MR) is 118 cm³/mol. The molecule has 0 spiro atoms. The van der Waals surface area contributed by atoms with Crippen molar-refractivity contribution in [1.82, 2.24) is 14.5 Å². The van der Waals surface area contributed by atoms with Crippen LogP contribution in [-0.2, 0) is 0 Å². The summed E-state index contributed by atoms with van der Waals surface area (Å²) in [5, 5.41) is 0.801. The highest BCUT2D eigenvalue weighted by atomic mass is 19.3. The molecule has 2 aromatic heterocycles. The third-order valence-electron chi connectivity index (χ3n) is 5.40. The molecular formula is C23H23F2N5O. The quantitative estimate of drug-likeness (QED) is 0.464. The average molecular weight is 423 g/mol. The number of hydrogen-bond donors (Lipinski definition) is 0. The molecule has 1 aliphatic heterocycles. The molecule has 6 nitrogen and oxygen atoms in total. The molecule has 0 saturated carbocycles. The number of pyridine rings is 1. The lowest BCUT2D eigenvalue weighted by Gasteiger charge is -2.31. The second-order valence-electron chi connectivity index (χ2n) is 7.46. The van der Waals surface area contributed by atoms with Crippen LogP contribution in [0.25, 0.3) is 16.7 Å². The van der Waals surface area contributed by atoms with Crippen molar-refractivity contribution in [3.63, 3.8) is 0 Å². The lowest BCUT2D eigenvalue weighted by atomic mass is 10.1. The van der Waals surface area contributed by atoms with E-state index in [4.69, 9.17) is 0 Å². The molecule has 31 heavy (non-hydrogen) atoms. The summed E-state index contributed by atoms with van der Waals surface area (Å²) in [4.78, 5) is 27.2. The maximum atomic E-state index is 13.4. The number of carbonyl (C=O) groups excluding carboxylic acids is 1. The van der Waals surface area contributed by atoms with E-state index < -0.39 is 5.92 Å². The number of carbonyl (C=O) groups is 1. The molecular weight excluding hydrogens is 400 g/mol. The number of alkyl halides is 2. The van der Waals surface area contributed by atoms with Crippen LogP contribution in [0.15, 0.2) is 58.8 Å². The van der Waals surface area contributed by atoms with Gasteiger partial charge in [-0.2, -0.15) is 0 Å². The minimum atomic E-state index is -2.68. The molecule has 0 bridgehead atoms. The highest BCUT2D eigenvalue weighted by Gasteiger charge is 2.35. The summed E-state index contributed by atoms with van der Waals surface area (Å²) in [6.07, 6.45) is 4.50. The number of piperidine rings is 1. The van der Waals surface area contributed by atoms with Gasteiger partial charge in [-0.25, -0.2) is 18.8 Å². The number of fused-ring (bicyclic) bond motifs is 1. The molecule has 0 N–H and O–H groups in total. The molecule has 160 valence electrons. The Balaban J connectivity index is 1.62. The standard InChI is InChI=1S/C23H23F2N5O/c1-3-27-20(26-2)16-5-4-6-19(14-16)30-10-7-17-13-18(15-28-21(17)30)22(31)29-11-8-23(24,25)9-12-29/h3-7,10,13-15H,8-9,11-12H2,1-2H3. The molecule has 0 atom stereocenters. The Morgan fingerprint density at radius 3 is 2.65 bits per heavy atom. The molecule has 1 aromatic carbocycles. The van der Waals surface area contributed by atoms with Crippen LogP contribution in [0.2, 0.25) is 0 Å². The van der Waals surface area contributed by atoms with Crippen molar-refractivity contribution in [2.75, 3.05) is 20.1 Å². The van der Waals surface area contributed by atoms with Crippen LogP contribution in [0.4, 0.5) is 8.78 Å². The minimum Gasteiger partial charge on any atom is -0.338 e. The van der Waals surface area contributed by atoms with Gasteiger partial charge in [-0.1, -0.05) is 12.1 Å². The topological polar surface area (TPSA) is 62.9 Å². The molecule has 0 unspecified atom stereocenters. The van der Waals surface area contributed by atoms with Gasteiger partial charge in [0.2, 0.25) is 0 Å². The van der Waals surface area contributed by atoms with E-state index in [0.29, 0.717) is 17.0 Å². The van der Waals surface area contributed by atoms with Crippen LogP contribution < -0.4 is 0 Å². The van der Waals surface area contributed by atoms with Crippen molar-refractivity contribution < 1.29 is 13.6 Å². The molecule has 0 radical (unpaired) electrons. The summed E-state index contributed by atoms with van der Waals surface area (Å²) in [7, 11) is 1.70. The van der Waals surface area contributed by atoms with Crippen molar-refractivity contribution in [3.8, 4) is 5.69 Å². The van der Waals surface area contributed by atoms with E-state index in [1.54, 1.807) is 19.3 Å². The summed E-state index contributed by atoms with van der Waals surface area (Å²) in [5.41, 5.74) is 2.88. The number of likely N-dealkylation sites (tertiary alicyclic amines) is 1. The second-order valence-corrected chi connectivity index (χ2v) is 7.46. The van der Waals surface area contributed by atoms with E-state index in [0.717, 1.165) is 16.6 Å². The molecule has 1 fully saturated rings. The van der Waals surface area contributed by atoms with Crippen molar-refractivity contribution in [3.05, 3.63) is 59.9 Å². The van der Waals surface area contributed by atoms with Gasteiger partial charge in [0, 0.05) is 68.2 Å². The fourth-order valence-corrected chi connectivity index (χ4v) is 3.75. The van der Waals surface area contributed by atoms with E-state index in [2.05, 4.69) is 15.0 Å². The number of rotatable bonds is 3. The van der Waals surface area contributed by atoms with Gasteiger partial charge in [0.1, 0.15) is 5.65 Å². The van der Waals surface area contributed by atoms with E-state index >= 15 is 0 Å². The summed E-state index contributed by atoms with van der Waals surface area (Å²) in [6, 6.07) is 11.4. The van der Waals surface area contributed by atoms with E-state index in [1.165, 1.54) is 11.1 Å². The number of amidine groups is 1. The largest absolute Gasteiger partial charge is 0.338 e. The van der Waals surface area contributed by atoms with Crippen LogP contribution in [0.5, 0.6) is 0 Å². The van der Waals surface area contributed by atoms with Gasteiger partial charge in [0.15, 0.2) is 5.84 Å². The van der Waals surface area contributed by atoms with Gasteiger partial charge in [-0.3, -0.25) is 9.79 Å². The molecule has 4 rings (SSSR count). The SMILES string of the molecule is CC=NC(=NC)c1cccc(-n2ccc3cc(C(=O)N4CCC(F)(F)CC4)cnc32)c1. The van der Waals surface area contributed by atoms with Crippen LogP contribution in [0.3, 0.4) is 0 Å². The molecule has 1 aliphatic rings. The summed E-state index contributed by atoms with van der Waals surface area (Å²) < 4.78 is 28.7. The lowest BCUT2D eigenvalue weighted by Crippen LogP contribution is -2.42. The second kappa shape index (κ2) is 8.37. The maximum Gasteiger partial charge on any atom is 0.255 e. The number of nitrogens with zero attached hydrogens (tertiary/aromatic N) is 5. The van der Waals surface area contributed by atoms with E-state index in [9.17, 15) is 13.6 Å². The molecule has 1 saturated heterocycles. The molecule has 1 amide bonds. The third-order valence-corrected chi connectivity index (χ3v) is 5.40. The normalized spacial score (nSPS) is 16.9. The van der Waals surface area contributed by atoms with Crippen molar-refractivity contribution in [2.45, 2.75) is 25.7 Å².